The molecule has 1 atom stereocenters. The number of hydrogen-bond donors (Lipinski definition) is 1. The average Bonchev–Trinajstić information content (AvgIpc) is 2.43. The molecule has 1 fully saturated rings. The number of benzene rings is 1. The van der Waals surface area contributed by atoms with Crippen molar-refractivity contribution in [2.45, 2.75) is 31.8 Å². The Morgan fingerprint density at radius 1 is 1.43 bits per heavy atom. The smallest absolute Gasteiger partial charge is 0.325 e. The molecular formula is C16H23FN2O2. The molecule has 2 rings (SSSR count). The maximum atomic E-state index is 13.4. The van der Waals surface area contributed by atoms with Crippen molar-refractivity contribution in [1.82, 2.24) is 9.80 Å². The first-order chi connectivity index (χ1) is 9.90. The van der Waals surface area contributed by atoms with Gasteiger partial charge in [0.1, 0.15) is 11.9 Å². The van der Waals surface area contributed by atoms with Gasteiger partial charge in [0.05, 0.1) is 0 Å². The Kier molecular flexibility index (Phi) is 4.96. The number of aliphatic carboxylic acids is 1. The number of carboxylic acids is 1. The standard InChI is InChI=1S/C16H23FN2O2/c1-11-10-12(4-5-14(11)17)15(16(20)21)19(3)13-6-8-18(2)9-7-13/h4-5,10,13,15H,6-9H2,1-3H3,(H,20,21). The molecule has 1 saturated heterocycles. The summed E-state index contributed by atoms with van der Waals surface area (Å²) in [5.74, 6) is -1.19. The van der Waals surface area contributed by atoms with Crippen molar-refractivity contribution in [3.05, 3.63) is 35.1 Å². The second-order valence-corrected chi connectivity index (χ2v) is 5.95. The number of hydrogen-bond acceptors (Lipinski definition) is 3. The van der Waals surface area contributed by atoms with Crippen LogP contribution in [0.4, 0.5) is 4.39 Å². The molecule has 0 bridgehead atoms. The van der Waals surface area contributed by atoms with E-state index in [2.05, 4.69) is 11.9 Å². The summed E-state index contributed by atoms with van der Waals surface area (Å²) in [5, 5.41) is 9.59. The van der Waals surface area contributed by atoms with Gasteiger partial charge in [-0.25, -0.2) is 4.39 Å². The molecule has 1 aliphatic rings. The van der Waals surface area contributed by atoms with Crippen molar-refractivity contribution in [1.29, 1.82) is 0 Å². The van der Waals surface area contributed by atoms with Gasteiger partial charge in [-0.2, -0.15) is 0 Å². The third-order valence-corrected chi connectivity index (χ3v) is 4.40. The Morgan fingerprint density at radius 2 is 2.05 bits per heavy atom. The fraction of sp³-hybridized carbons (Fsp3) is 0.562. The zero-order chi connectivity index (χ0) is 15.6. The maximum absolute atomic E-state index is 13.4. The quantitative estimate of drug-likeness (QED) is 0.925. The molecule has 1 aromatic rings. The summed E-state index contributed by atoms with van der Waals surface area (Å²) in [7, 11) is 3.93. The molecule has 4 nitrogen and oxygen atoms in total. The Hall–Kier alpha value is -1.46. The van der Waals surface area contributed by atoms with E-state index in [0.717, 1.165) is 25.9 Å². The number of rotatable bonds is 4. The lowest BCUT2D eigenvalue weighted by Gasteiger charge is -2.38. The highest BCUT2D eigenvalue weighted by Gasteiger charge is 2.31. The topological polar surface area (TPSA) is 43.8 Å². The molecule has 1 aromatic carbocycles. The highest BCUT2D eigenvalue weighted by Crippen LogP contribution is 2.27. The summed E-state index contributed by atoms with van der Waals surface area (Å²) < 4.78 is 13.4. The molecule has 1 N–H and O–H groups in total. The van der Waals surface area contributed by atoms with E-state index >= 15 is 0 Å². The SMILES string of the molecule is Cc1cc(C(C(=O)O)N(C)C2CCN(C)CC2)ccc1F. The normalized spacial score (nSPS) is 18.9. The zero-order valence-electron chi connectivity index (χ0n) is 12.8. The van der Waals surface area contributed by atoms with Gasteiger partial charge in [-0.1, -0.05) is 12.1 Å². The number of likely N-dealkylation sites (N-methyl/N-ethyl adjacent to an activating group) is 1. The summed E-state index contributed by atoms with van der Waals surface area (Å²) in [4.78, 5) is 15.9. The summed E-state index contributed by atoms with van der Waals surface area (Å²) in [6, 6.07) is 4.08. The van der Waals surface area contributed by atoms with Crippen molar-refractivity contribution in [2.75, 3.05) is 27.2 Å². The summed E-state index contributed by atoms with van der Waals surface area (Å²) in [6.07, 6.45) is 1.91. The fourth-order valence-electron chi connectivity index (χ4n) is 3.00. The fourth-order valence-corrected chi connectivity index (χ4v) is 3.00. The molecule has 116 valence electrons. The number of nitrogens with zero attached hydrogens (tertiary/aromatic N) is 2. The van der Waals surface area contributed by atoms with Crippen LogP contribution in [0.3, 0.4) is 0 Å². The van der Waals surface area contributed by atoms with E-state index in [-0.39, 0.29) is 11.9 Å². The van der Waals surface area contributed by atoms with Gasteiger partial charge in [0.25, 0.3) is 0 Å². The van der Waals surface area contributed by atoms with Crippen LogP contribution < -0.4 is 0 Å². The van der Waals surface area contributed by atoms with Gasteiger partial charge in [0.2, 0.25) is 0 Å². The lowest BCUT2D eigenvalue weighted by atomic mass is 9.97. The van der Waals surface area contributed by atoms with Gasteiger partial charge in [0.15, 0.2) is 0 Å². The van der Waals surface area contributed by atoms with E-state index in [0.29, 0.717) is 11.1 Å². The van der Waals surface area contributed by atoms with E-state index in [1.165, 1.54) is 6.07 Å². The predicted octanol–water partition coefficient (Wildman–Crippen LogP) is 2.29. The van der Waals surface area contributed by atoms with E-state index in [9.17, 15) is 14.3 Å². The first-order valence-electron chi connectivity index (χ1n) is 7.29. The van der Waals surface area contributed by atoms with Gasteiger partial charge in [-0.05, 0) is 64.1 Å². The molecule has 1 heterocycles. The van der Waals surface area contributed by atoms with Gasteiger partial charge >= 0.3 is 5.97 Å². The molecule has 0 aliphatic carbocycles. The minimum Gasteiger partial charge on any atom is -0.480 e. The monoisotopic (exact) mass is 294 g/mol. The Bertz CT molecular complexity index is 513. The maximum Gasteiger partial charge on any atom is 0.325 e. The molecule has 0 radical (unpaired) electrons. The molecule has 0 aromatic heterocycles. The van der Waals surface area contributed by atoms with Crippen molar-refractivity contribution in [3.8, 4) is 0 Å². The number of aryl methyl sites for hydroxylation is 1. The molecule has 0 spiro atoms. The highest BCUT2D eigenvalue weighted by atomic mass is 19.1. The largest absolute Gasteiger partial charge is 0.480 e. The Balaban J connectivity index is 2.21. The number of halogens is 1. The number of piperidine rings is 1. The van der Waals surface area contributed by atoms with Crippen LogP contribution in [0, 0.1) is 12.7 Å². The summed E-state index contributed by atoms with van der Waals surface area (Å²) >= 11 is 0. The van der Waals surface area contributed by atoms with Crippen molar-refractivity contribution < 1.29 is 14.3 Å². The van der Waals surface area contributed by atoms with Crippen LogP contribution in [-0.4, -0.2) is 54.1 Å². The van der Waals surface area contributed by atoms with Crippen LogP contribution >= 0.6 is 0 Å². The number of carbonyl (C=O) groups is 1. The molecule has 1 aliphatic heterocycles. The van der Waals surface area contributed by atoms with Crippen LogP contribution in [0.15, 0.2) is 18.2 Å². The summed E-state index contributed by atoms with van der Waals surface area (Å²) in [5.41, 5.74) is 1.12. The average molecular weight is 294 g/mol. The lowest BCUT2D eigenvalue weighted by Crippen LogP contribution is -2.45. The highest BCUT2D eigenvalue weighted by molar-refractivity contribution is 5.75. The second-order valence-electron chi connectivity index (χ2n) is 5.95. The van der Waals surface area contributed by atoms with E-state index in [4.69, 9.17) is 0 Å². The van der Waals surface area contributed by atoms with Gasteiger partial charge < -0.3 is 10.0 Å². The summed E-state index contributed by atoms with van der Waals surface area (Å²) in [6.45, 7) is 3.61. The van der Waals surface area contributed by atoms with Crippen molar-refractivity contribution in [3.63, 3.8) is 0 Å². The Labute approximate surface area is 125 Å². The molecular weight excluding hydrogens is 271 g/mol. The van der Waals surface area contributed by atoms with Crippen LogP contribution in [0.1, 0.15) is 30.0 Å². The van der Waals surface area contributed by atoms with Gasteiger partial charge in [-0.15, -0.1) is 0 Å². The zero-order valence-corrected chi connectivity index (χ0v) is 12.8. The molecule has 1 unspecified atom stereocenters. The molecule has 0 amide bonds. The first-order valence-corrected chi connectivity index (χ1v) is 7.29. The number of likely N-dealkylation sites (tertiary alicyclic amines) is 1. The predicted molar refractivity (Wildman–Crippen MR) is 79.8 cm³/mol. The molecule has 5 heteroatoms. The van der Waals surface area contributed by atoms with Crippen LogP contribution in [0.2, 0.25) is 0 Å². The molecule has 21 heavy (non-hydrogen) atoms. The first kappa shape index (κ1) is 15.9. The Morgan fingerprint density at radius 3 is 2.57 bits per heavy atom. The molecule has 0 saturated carbocycles. The van der Waals surface area contributed by atoms with E-state index in [1.807, 2.05) is 11.9 Å². The van der Waals surface area contributed by atoms with E-state index in [1.54, 1.807) is 19.1 Å². The van der Waals surface area contributed by atoms with Crippen LogP contribution in [-0.2, 0) is 4.79 Å². The van der Waals surface area contributed by atoms with Crippen molar-refractivity contribution >= 4 is 5.97 Å². The minimum atomic E-state index is -0.887. The second kappa shape index (κ2) is 6.54. The van der Waals surface area contributed by atoms with Gasteiger partial charge in [-0.3, -0.25) is 9.69 Å². The van der Waals surface area contributed by atoms with Crippen LogP contribution in [0.25, 0.3) is 0 Å². The third-order valence-electron chi connectivity index (χ3n) is 4.40. The third kappa shape index (κ3) is 3.60. The van der Waals surface area contributed by atoms with E-state index < -0.39 is 12.0 Å². The van der Waals surface area contributed by atoms with Crippen LogP contribution in [0.5, 0.6) is 0 Å². The van der Waals surface area contributed by atoms with Gasteiger partial charge in [0, 0.05) is 6.04 Å². The van der Waals surface area contributed by atoms with Crippen molar-refractivity contribution in [2.24, 2.45) is 0 Å². The number of carboxylic acid groups (broad SMARTS) is 1. The minimum absolute atomic E-state index is 0.243. The lowest BCUT2D eigenvalue weighted by molar-refractivity contribution is -0.144.